The summed E-state index contributed by atoms with van der Waals surface area (Å²) in [5, 5.41) is 3.55. The highest BCUT2D eigenvalue weighted by atomic mass is 32.2. The summed E-state index contributed by atoms with van der Waals surface area (Å²) in [4.78, 5) is 0. The summed E-state index contributed by atoms with van der Waals surface area (Å²) >= 11 is 2.02. The van der Waals surface area contributed by atoms with E-state index in [1.807, 2.05) is 11.8 Å². The number of aromatic nitrogens is 1. The molecule has 0 aliphatic heterocycles. The van der Waals surface area contributed by atoms with Crippen molar-refractivity contribution in [2.75, 3.05) is 11.5 Å². The van der Waals surface area contributed by atoms with Crippen LogP contribution in [0.15, 0.2) is 18.3 Å². The van der Waals surface area contributed by atoms with Gasteiger partial charge in [0.1, 0.15) is 0 Å². The summed E-state index contributed by atoms with van der Waals surface area (Å²) in [6, 6.07) is 4.87. The lowest BCUT2D eigenvalue weighted by Crippen LogP contribution is -2.26. The van der Waals surface area contributed by atoms with Crippen LogP contribution >= 0.6 is 11.8 Å². The smallest absolute Gasteiger partial charge is 0.0361 e. The zero-order chi connectivity index (χ0) is 11.1. The van der Waals surface area contributed by atoms with Crippen molar-refractivity contribution in [3.63, 3.8) is 0 Å². The minimum atomic E-state index is 0.610. The van der Waals surface area contributed by atoms with Crippen LogP contribution < -0.4 is 5.32 Å². The van der Waals surface area contributed by atoms with E-state index in [-0.39, 0.29) is 0 Å². The zero-order valence-corrected chi connectivity index (χ0v) is 10.8. The van der Waals surface area contributed by atoms with Crippen molar-refractivity contribution >= 4 is 11.8 Å². The first kappa shape index (κ1) is 12.7. The highest BCUT2D eigenvalue weighted by Crippen LogP contribution is 2.05. The van der Waals surface area contributed by atoms with Crippen LogP contribution in [0.5, 0.6) is 0 Å². The third-order valence-corrected chi connectivity index (χ3v) is 3.51. The Kier molecular flexibility index (Phi) is 5.88. The molecule has 0 radical (unpaired) electrons. The maximum absolute atomic E-state index is 3.55. The first-order valence-corrected chi connectivity index (χ1v) is 6.80. The van der Waals surface area contributed by atoms with Crippen LogP contribution in [0.1, 0.15) is 26.0 Å². The lowest BCUT2D eigenvalue weighted by atomic mass is 10.2. The van der Waals surface area contributed by atoms with E-state index in [4.69, 9.17) is 0 Å². The molecule has 1 N–H and O–H groups in total. The number of nitrogens with zero attached hydrogens (tertiary/aromatic N) is 1. The molecule has 1 unspecified atom stereocenters. The highest BCUT2D eigenvalue weighted by molar-refractivity contribution is 7.99. The van der Waals surface area contributed by atoms with E-state index >= 15 is 0 Å². The second kappa shape index (κ2) is 6.96. The van der Waals surface area contributed by atoms with Crippen molar-refractivity contribution in [2.24, 2.45) is 7.05 Å². The first-order chi connectivity index (χ1) is 7.24. The van der Waals surface area contributed by atoms with E-state index in [9.17, 15) is 0 Å². The number of nitrogens with one attached hydrogen (secondary N) is 1. The van der Waals surface area contributed by atoms with Gasteiger partial charge in [0, 0.05) is 31.5 Å². The molecule has 86 valence electrons. The van der Waals surface area contributed by atoms with Crippen molar-refractivity contribution < 1.29 is 0 Å². The summed E-state index contributed by atoms with van der Waals surface area (Å²) in [7, 11) is 2.09. The molecule has 0 bridgehead atoms. The zero-order valence-electron chi connectivity index (χ0n) is 9.99. The second-order valence-electron chi connectivity index (χ2n) is 3.88. The molecule has 1 aromatic rings. The molecule has 0 aliphatic carbocycles. The Hall–Kier alpha value is -0.410. The monoisotopic (exact) mass is 226 g/mol. The number of thioether (sulfide) groups is 1. The van der Waals surface area contributed by atoms with Crippen LogP contribution in [0.3, 0.4) is 0 Å². The van der Waals surface area contributed by atoms with E-state index in [1.54, 1.807) is 0 Å². The topological polar surface area (TPSA) is 17.0 Å². The summed E-state index contributed by atoms with van der Waals surface area (Å²) < 4.78 is 2.17. The van der Waals surface area contributed by atoms with Crippen molar-refractivity contribution in [3.8, 4) is 0 Å². The predicted octanol–water partition coefficient (Wildman–Crippen LogP) is 2.65. The van der Waals surface area contributed by atoms with Gasteiger partial charge >= 0.3 is 0 Å². The van der Waals surface area contributed by atoms with E-state index < -0.39 is 0 Å². The Bertz CT molecular complexity index is 270. The molecule has 1 rings (SSSR count). The van der Waals surface area contributed by atoms with Crippen LogP contribution in [0.25, 0.3) is 0 Å². The maximum atomic E-state index is 3.55. The van der Waals surface area contributed by atoms with Gasteiger partial charge in [-0.2, -0.15) is 11.8 Å². The van der Waals surface area contributed by atoms with E-state index in [0.717, 1.165) is 6.54 Å². The number of rotatable bonds is 7. The summed E-state index contributed by atoms with van der Waals surface area (Å²) in [6.07, 6.45) is 3.34. The van der Waals surface area contributed by atoms with Crippen LogP contribution in [-0.4, -0.2) is 22.1 Å². The second-order valence-corrected chi connectivity index (χ2v) is 5.27. The first-order valence-electron chi connectivity index (χ1n) is 5.65. The molecule has 0 spiro atoms. The number of hydrogen-bond donors (Lipinski definition) is 1. The third kappa shape index (κ3) is 4.76. The van der Waals surface area contributed by atoms with E-state index in [0.29, 0.717) is 6.04 Å². The average molecular weight is 226 g/mol. The Labute approximate surface area is 97.4 Å². The summed E-state index contributed by atoms with van der Waals surface area (Å²) in [6.45, 7) is 5.45. The van der Waals surface area contributed by atoms with Gasteiger partial charge in [-0.15, -0.1) is 0 Å². The molecule has 0 aliphatic rings. The minimum Gasteiger partial charge on any atom is -0.353 e. The molecule has 1 heterocycles. The molecule has 0 amide bonds. The van der Waals surface area contributed by atoms with Gasteiger partial charge in [-0.3, -0.25) is 0 Å². The van der Waals surface area contributed by atoms with Gasteiger partial charge in [0.25, 0.3) is 0 Å². The van der Waals surface area contributed by atoms with Crippen LogP contribution in [-0.2, 0) is 13.6 Å². The van der Waals surface area contributed by atoms with Gasteiger partial charge in [-0.1, -0.05) is 6.92 Å². The molecular formula is C12H22N2S. The molecule has 15 heavy (non-hydrogen) atoms. The normalized spacial score (nSPS) is 13.0. The lowest BCUT2D eigenvalue weighted by Gasteiger charge is -2.13. The van der Waals surface area contributed by atoms with Crippen LogP contribution in [0.4, 0.5) is 0 Å². The maximum Gasteiger partial charge on any atom is 0.0361 e. The van der Waals surface area contributed by atoms with E-state index in [2.05, 4.69) is 49.1 Å². The Morgan fingerprint density at radius 3 is 2.93 bits per heavy atom. The van der Waals surface area contributed by atoms with Gasteiger partial charge < -0.3 is 9.88 Å². The van der Waals surface area contributed by atoms with Gasteiger partial charge in [0.15, 0.2) is 0 Å². The molecule has 3 heteroatoms. The van der Waals surface area contributed by atoms with Gasteiger partial charge in [0.05, 0.1) is 0 Å². The van der Waals surface area contributed by atoms with Crippen LogP contribution in [0.2, 0.25) is 0 Å². The number of hydrogen-bond acceptors (Lipinski definition) is 2. The highest BCUT2D eigenvalue weighted by Gasteiger charge is 2.02. The third-order valence-electron chi connectivity index (χ3n) is 2.58. The number of aryl methyl sites for hydroxylation is 1. The molecule has 2 nitrogen and oxygen atoms in total. The minimum absolute atomic E-state index is 0.610. The fraction of sp³-hybridized carbons (Fsp3) is 0.667. The van der Waals surface area contributed by atoms with Crippen LogP contribution in [0, 0.1) is 0 Å². The summed E-state index contributed by atoms with van der Waals surface area (Å²) in [5.41, 5.74) is 1.35. The van der Waals surface area contributed by atoms with E-state index in [1.165, 1.54) is 23.6 Å². The van der Waals surface area contributed by atoms with Gasteiger partial charge in [-0.05, 0) is 37.0 Å². The Balaban J connectivity index is 2.16. The van der Waals surface area contributed by atoms with Crippen molar-refractivity contribution in [1.82, 2.24) is 9.88 Å². The predicted molar refractivity (Wildman–Crippen MR) is 69.3 cm³/mol. The van der Waals surface area contributed by atoms with Gasteiger partial charge in [-0.25, -0.2) is 0 Å². The quantitative estimate of drug-likeness (QED) is 0.720. The molecule has 0 aromatic carbocycles. The molecular weight excluding hydrogens is 204 g/mol. The SMILES string of the molecule is CCSCCC(C)NCc1cccn1C. The Morgan fingerprint density at radius 2 is 2.33 bits per heavy atom. The largest absolute Gasteiger partial charge is 0.353 e. The fourth-order valence-corrected chi connectivity index (χ4v) is 2.27. The molecule has 1 aromatic heterocycles. The molecule has 0 saturated carbocycles. The van der Waals surface area contributed by atoms with Crippen molar-refractivity contribution in [3.05, 3.63) is 24.0 Å². The lowest BCUT2D eigenvalue weighted by molar-refractivity contribution is 0.525. The summed E-state index contributed by atoms with van der Waals surface area (Å²) in [5.74, 6) is 2.49. The molecule has 0 saturated heterocycles. The average Bonchev–Trinajstić information content (AvgIpc) is 2.61. The van der Waals surface area contributed by atoms with Gasteiger partial charge in [0.2, 0.25) is 0 Å². The van der Waals surface area contributed by atoms with Crippen molar-refractivity contribution in [2.45, 2.75) is 32.9 Å². The fourth-order valence-electron chi connectivity index (χ4n) is 1.47. The standard InChI is InChI=1S/C12H22N2S/c1-4-15-9-7-11(2)13-10-12-6-5-8-14(12)3/h5-6,8,11,13H,4,7,9-10H2,1-3H3. The Morgan fingerprint density at radius 1 is 1.53 bits per heavy atom. The van der Waals surface area contributed by atoms with Crippen molar-refractivity contribution in [1.29, 1.82) is 0 Å². The molecule has 1 atom stereocenters. The molecule has 0 fully saturated rings.